The molecular weight excluding hydrogens is 414 g/mol. The van der Waals surface area contributed by atoms with Gasteiger partial charge >= 0.3 is 0 Å². The Morgan fingerprint density at radius 1 is 0.559 bits per heavy atom. The summed E-state index contributed by atoms with van der Waals surface area (Å²) < 4.78 is 5.87. The smallest absolute Gasteiger partial charge is 0.137 e. The van der Waals surface area contributed by atoms with Crippen LogP contribution in [0.5, 0.6) is 5.75 Å². The fraction of sp³-hybridized carbons (Fsp3) is 0.469. The summed E-state index contributed by atoms with van der Waals surface area (Å²) >= 11 is 0. The molecule has 0 atom stereocenters. The van der Waals surface area contributed by atoms with E-state index >= 15 is 0 Å². The van der Waals surface area contributed by atoms with Crippen molar-refractivity contribution in [3.8, 4) is 17.0 Å². The van der Waals surface area contributed by atoms with Crippen LogP contribution in [0, 0.1) is 0 Å². The van der Waals surface area contributed by atoms with Gasteiger partial charge in [-0.25, -0.2) is 0 Å². The quantitative estimate of drug-likeness (QED) is 0.200. The standard InChI is InChI=1S/C32H43NO/c1-3-5-7-8-9-11-25-34-31-23-24-32(33-26-31)30-21-19-29(20-22-30)18-17-28-15-13-27(14-16-28)12-10-6-4-2/h13-16,19-24,26H,3-12,17-18,25H2,1-2H3. The molecule has 0 N–H and O–H groups in total. The largest absolute Gasteiger partial charge is 0.492 e. The van der Waals surface area contributed by atoms with Crippen LogP contribution in [0.25, 0.3) is 11.3 Å². The van der Waals surface area contributed by atoms with Gasteiger partial charge in [-0.05, 0) is 60.9 Å². The van der Waals surface area contributed by atoms with Crippen molar-refractivity contribution in [2.24, 2.45) is 0 Å². The zero-order valence-corrected chi connectivity index (χ0v) is 21.4. The molecule has 2 nitrogen and oxygen atoms in total. The van der Waals surface area contributed by atoms with Crippen molar-refractivity contribution >= 4 is 0 Å². The Morgan fingerprint density at radius 2 is 1.12 bits per heavy atom. The molecule has 0 aliphatic carbocycles. The molecule has 0 saturated heterocycles. The molecule has 0 radical (unpaired) electrons. The number of nitrogens with zero attached hydrogens (tertiary/aromatic N) is 1. The van der Waals surface area contributed by atoms with Gasteiger partial charge in [0.15, 0.2) is 0 Å². The summed E-state index contributed by atoms with van der Waals surface area (Å²) in [6.07, 6.45) is 16.8. The minimum absolute atomic E-state index is 0.781. The summed E-state index contributed by atoms with van der Waals surface area (Å²) in [5.41, 5.74) is 6.41. The highest BCUT2D eigenvalue weighted by Crippen LogP contribution is 2.21. The van der Waals surface area contributed by atoms with Gasteiger partial charge in [-0.1, -0.05) is 107 Å². The molecule has 34 heavy (non-hydrogen) atoms. The Hall–Kier alpha value is -2.61. The molecule has 1 aromatic heterocycles. The van der Waals surface area contributed by atoms with E-state index < -0.39 is 0 Å². The molecule has 3 aromatic rings. The zero-order chi connectivity index (χ0) is 23.8. The Kier molecular flexibility index (Phi) is 11.7. The van der Waals surface area contributed by atoms with Crippen LogP contribution in [-0.4, -0.2) is 11.6 Å². The first kappa shape index (κ1) is 26.0. The van der Waals surface area contributed by atoms with E-state index in [1.54, 1.807) is 0 Å². The van der Waals surface area contributed by atoms with Gasteiger partial charge in [-0.2, -0.15) is 0 Å². The number of benzene rings is 2. The SMILES string of the molecule is CCCCCCCCOc1ccc(-c2ccc(CCc3ccc(CCCCC)cc3)cc2)nc1. The number of aryl methyl sites for hydroxylation is 3. The molecule has 1 heterocycles. The van der Waals surface area contributed by atoms with E-state index in [2.05, 4.69) is 73.4 Å². The first-order valence-electron chi connectivity index (χ1n) is 13.5. The molecule has 2 aromatic carbocycles. The maximum Gasteiger partial charge on any atom is 0.137 e. The summed E-state index contributed by atoms with van der Waals surface area (Å²) in [7, 11) is 0. The Labute approximate surface area is 207 Å². The van der Waals surface area contributed by atoms with Crippen LogP contribution < -0.4 is 4.74 Å². The van der Waals surface area contributed by atoms with E-state index in [1.807, 2.05) is 12.3 Å². The average molecular weight is 458 g/mol. The van der Waals surface area contributed by atoms with Crippen molar-refractivity contribution in [2.75, 3.05) is 6.61 Å². The highest BCUT2D eigenvalue weighted by Gasteiger charge is 2.03. The molecule has 0 fully saturated rings. The second-order valence-corrected chi connectivity index (χ2v) is 9.47. The van der Waals surface area contributed by atoms with Gasteiger partial charge in [0.1, 0.15) is 5.75 Å². The summed E-state index contributed by atoms with van der Waals surface area (Å²) in [4.78, 5) is 4.62. The van der Waals surface area contributed by atoms with Crippen LogP contribution in [0.4, 0.5) is 0 Å². The lowest BCUT2D eigenvalue weighted by Crippen LogP contribution is -1.98. The second kappa shape index (κ2) is 15.3. The minimum atomic E-state index is 0.781. The number of unbranched alkanes of at least 4 members (excludes halogenated alkanes) is 7. The van der Waals surface area contributed by atoms with Crippen LogP contribution in [0.15, 0.2) is 66.9 Å². The summed E-state index contributed by atoms with van der Waals surface area (Å²) in [5.74, 6) is 0.866. The summed E-state index contributed by atoms with van der Waals surface area (Å²) in [5, 5.41) is 0. The Morgan fingerprint density at radius 3 is 1.74 bits per heavy atom. The van der Waals surface area contributed by atoms with Crippen molar-refractivity contribution < 1.29 is 4.74 Å². The molecule has 0 spiro atoms. The third kappa shape index (κ3) is 9.33. The van der Waals surface area contributed by atoms with E-state index in [0.29, 0.717) is 0 Å². The number of hydrogen-bond donors (Lipinski definition) is 0. The summed E-state index contributed by atoms with van der Waals surface area (Å²) in [6, 6.07) is 22.2. The van der Waals surface area contributed by atoms with Crippen LogP contribution in [0.1, 0.15) is 88.3 Å². The molecular formula is C32H43NO. The molecule has 3 rings (SSSR count). The maximum atomic E-state index is 5.87. The molecule has 0 amide bonds. The third-order valence-corrected chi connectivity index (χ3v) is 6.55. The van der Waals surface area contributed by atoms with Gasteiger partial charge in [-0.3, -0.25) is 4.98 Å². The minimum Gasteiger partial charge on any atom is -0.492 e. The number of rotatable bonds is 16. The zero-order valence-electron chi connectivity index (χ0n) is 21.4. The van der Waals surface area contributed by atoms with Gasteiger partial charge in [0.05, 0.1) is 18.5 Å². The predicted molar refractivity (Wildman–Crippen MR) is 146 cm³/mol. The Balaban J connectivity index is 1.40. The Bertz CT molecular complexity index is 913. The fourth-order valence-electron chi connectivity index (χ4n) is 4.29. The van der Waals surface area contributed by atoms with Crippen molar-refractivity contribution in [3.63, 3.8) is 0 Å². The van der Waals surface area contributed by atoms with Crippen LogP contribution in [-0.2, 0) is 19.3 Å². The van der Waals surface area contributed by atoms with Gasteiger partial charge in [0.2, 0.25) is 0 Å². The maximum absolute atomic E-state index is 5.87. The van der Waals surface area contributed by atoms with Crippen LogP contribution >= 0.6 is 0 Å². The fourth-order valence-corrected chi connectivity index (χ4v) is 4.29. The first-order chi connectivity index (χ1) is 16.8. The lowest BCUT2D eigenvalue weighted by atomic mass is 10.00. The van der Waals surface area contributed by atoms with E-state index in [9.17, 15) is 0 Å². The van der Waals surface area contributed by atoms with Gasteiger partial charge in [0, 0.05) is 5.56 Å². The molecule has 182 valence electrons. The van der Waals surface area contributed by atoms with E-state index in [-0.39, 0.29) is 0 Å². The highest BCUT2D eigenvalue weighted by atomic mass is 16.5. The van der Waals surface area contributed by atoms with Gasteiger partial charge < -0.3 is 4.74 Å². The molecule has 2 heteroatoms. The lowest BCUT2D eigenvalue weighted by Gasteiger charge is -2.08. The molecule has 0 aliphatic rings. The first-order valence-corrected chi connectivity index (χ1v) is 13.5. The van der Waals surface area contributed by atoms with E-state index in [1.165, 1.54) is 74.5 Å². The normalized spacial score (nSPS) is 11.0. The van der Waals surface area contributed by atoms with E-state index in [0.717, 1.165) is 42.9 Å². The summed E-state index contributed by atoms with van der Waals surface area (Å²) in [6.45, 7) is 5.29. The molecule has 0 aliphatic heterocycles. The molecule has 0 saturated carbocycles. The van der Waals surface area contributed by atoms with Crippen molar-refractivity contribution in [2.45, 2.75) is 90.9 Å². The number of ether oxygens (including phenoxy) is 1. The second-order valence-electron chi connectivity index (χ2n) is 9.47. The average Bonchev–Trinajstić information content (AvgIpc) is 2.88. The number of hydrogen-bond acceptors (Lipinski definition) is 2. The van der Waals surface area contributed by atoms with Crippen LogP contribution in [0.3, 0.4) is 0 Å². The topological polar surface area (TPSA) is 22.1 Å². The predicted octanol–water partition coefficient (Wildman–Crippen LogP) is 9.01. The molecule has 0 unspecified atom stereocenters. The van der Waals surface area contributed by atoms with Crippen LogP contribution in [0.2, 0.25) is 0 Å². The van der Waals surface area contributed by atoms with Crippen molar-refractivity contribution in [1.82, 2.24) is 4.98 Å². The molecule has 0 bridgehead atoms. The lowest BCUT2D eigenvalue weighted by molar-refractivity contribution is 0.303. The third-order valence-electron chi connectivity index (χ3n) is 6.55. The van der Waals surface area contributed by atoms with Gasteiger partial charge in [0.25, 0.3) is 0 Å². The van der Waals surface area contributed by atoms with Crippen molar-refractivity contribution in [3.05, 3.63) is 83.6 Å². The van der Waals surface area contributed by atoms with Crippen molar-refractivity contribution in [1.29, 1.82) is 0 Å². The monoisotopic (exact) mass is 457 g/mol. The highest BCUT2D eigenvalue weighted by molar-refractivity contribution is 5.59. The number of aromatic nitrogens is 1. The van der Waals surface area contributed by atoms with E-state index in [4.69, 9.17) is 4.74 Å². The number of pyridine rings is 1. The van der Waals surface area contributed by atoms with Gasteiger partial charge in [-0.15, -0.1) is 0 Å².